The minimum Gasteiger partial charge on any atom is -0.324 e. The van der Waals surface area contributed by atoms with Crippen LogP contribution in [0.15, 0.2) is 24.3 Å². The molecule has 0 radical (unpaired) electrons. The maximum absolute atomic E-state index is 12.6. The van der Waals surface area contributed by atoms with E-state index in [4.69, 9.17) is 5.73 Å². The summed E-state index contributed by atoms with van der Waals surface area (Å²) in [5.74, 6) is 0. The second-order valence-corrected chi connectivity index (χ2v) is 4.94. The van der Waals surface area contributed by atoms with Gasteiger partial charge in [0.2, 0.25) is 0 Å². The lowest BCUT2D eigenvalue weighted by atomic mass is 9.78. The minimum absolute atomic E-state index is 0.218. The van der Waals surface area contributed by atoms with Gasteiger partial charge in [0, 0.05) is 6.04 Å². The third-order valence-corrected chi connectivity index (χ3v) is 3.33. The zero-order valence-electron chi connectivity index (χ0n) is 10.3. The summed E-state index contributed by atoms with van der Waals surface area (Å²) in [7, 11) is 0. The van der Waals surface area contributed by atoms with Crippen LogP contribution in [0.4, 0.5) is 13.2 Å². The summed E-state index contributed by atoms with van der Waals surface area (Å²) in [5, 5.41) is 0. The Morgan fingerprint density at radius 2 is 1.82 bits per heavy atom. The smallest absolute Gasteiger partial charge is 0.324 e. The van der Waals surface area contributed by atoms with Gasteiger partial charge in [0.25, 0.3) is 0 Å². The van der Waals surface area contributed by atoms with E-state index >= 15 is 0 Å². The molecule has 0 aromatic heterocycles. The summed E-state index contributed by atoms with van der Waals surface area (Å²) in [6.45, 7) is 5.89. The molecule has 1 unspecified atom stereocenters. The lowest BCUT2D eigenvalue weighted by Gasteiger charge is -2.31. The molecule has 0 aliphatic heterocycles. The normalized spacial score (nSPS) is 14.8. The van der Waals surface area contributed by atoms with E-state index in [2.05, 4.69) is 0 Å². The van der Waals surface area contributed by atoms with Crippen molar-refractivity contribution in [2.75, 3.05) is 0 Å². The molecule has 1 nitrogen and oxygen atoms in total. The highest BCUT2D eigenvalue weighted by Gasteiger charge is 2.32. The molecule has 1 aromatic rings. The average molecular weight is 245 g/mol. The number of benzene rings is 1. The highest BCUT2D eigenvalue weighted by molar-refractivity contribution is 5.28. The Kier molecular flexibility index (Phi) is 3.87. The maximum atomic E-state index is 12.6. The van der Waals surface area contributed by atoms with Crippen LogP contribution in [0.25, 0.3) is 0 Å². The summed E-state index contributed by atoms with van der Waals surface area (Å²) in [5.41, 5.74) is 5.70. The van der Waals surface area contributed by atoms with Crippen molar-refractivity contribution in [1.82, 2.24) is 0 Å². The molecule has 1 rings (SSSR count). The summed E-state index contributed by atoms with van der Waals surface area (Å²) in [6, 6.07) is 4.87. The van der Waals surface area contributed by atoms with E-state index in [1.807, 2.05) is 20.8 Å². The zero-order chi connectivity index (χ0) is 13.3. The van der Waals surface area contributed by atoms with Crippen LogP contribution in [0.2, 0.25) is 0 Å². The first-order chi connectivity index (χ1) is 7.68. The third kappa shape index (κ3) is 3.22. The number of hydrogen-bond acceptors (Lipinski definition) is 1. The van der Waals surface area contributed by atoms with E-state index in [0.29, 0.717) is 5.56 Å². The van der Waals surface area contributed by atoms with Gasteiger partial charge in [0.15, 0.2) is 0 Å². The van der Waals surface area contributed by atoms with Crippen molar-refractivity contribution in [3.8, 4) is 0 Å². The quantitative estimate of drug-likeness (QED) is 0.850. The largest absolute Gasteiger partial charge is 0.416 e. The van der Waals surface area contributed by atoms with Crippen molar-refractivity contribution in [3.63, 3.8) is 0 Å². The SMILES string of the molecule is CCC(C)(C)C(N)c1cccc(C(F)(F)F)c1. The van der Waals surface area contributed by atoms with Gasteiger partial charge in [0.1, 0.15) is 0 Å². The Labute approximate surface area is 99.8 Å². The van der Waals surface area contributed by atoms with E-state index in [1.54, 1.807) is 6.07 Å². The third-order valence-electron chi connectivity index (χ3n) is 3.33. The predicted molar refractivity (Wildman–Crippen MR) is 62.4 cm³/mol. The van der Waals surface area contributed by atoms with E-state index in [9.17, 15) is 13.2 Å². The van der Waals surface area contributed by atoms with Crippen LogP contribution in [0.3, 0.4) is 0 Å². The van der Waals surface area contributed by atoms with Crippen molar-refractivity contribution in [2.45, 2.75) is 39.4 Å². The lowest BCUT2D eigenvalue weighted by Crippen LogP contribution is -2.28. The first kappa shape index (κ1) is 14.0. The molecule has 17 heavy (non-hydrogen) atoms. The topological polar surface area (TPSA) is 26.0 Å². The summed E-state index contributed by atoms with van der Waals surface area (Å²) in [6.07, 6.45) is -3.50. The van der Waals surface area contributed by atoms with Crippen LogP contribution < -0.4 is 5.73 Å². The molecule has 0 fully saturated rings. The molecule has 0 amide bonds. The molecule has 0 aliphatic rings. The fraction of sp³-hybridized carbons (Fsp3) is 0.538. The second kappa shape index (κ2) is 4.69. The monoisotopic (exact) mass is 245 g/mol. The van der Waals surface area contributed by atoms with Crippen LogP contribution in [-0.4, -0.2) is 0 Å². The number of nitrogens with two attached hydrogens (primary N) is 1. The van der Waals surface area contributed by atoms with Crippen LogP contribution in [0, 0.1) is 5.41 Å². The molecule has 0 saturated carbocycles. The molecule has 0 spiro atoms. The fourth-order valence-corrected chi connectivity index (χ4v) is 1.58. The van der Waals surface area contributed by atoms with Crippen LogP contribution in [0.5, 0.6) is 0 Å². The Morgan fingerprint density at radius 1 is 1.24 bits per heavy atom. The molecule has 1 aromatic carbocycles. The molecule has 4 heteroatoms. The van der Waals surface area contributed by atoms with Crippen molar-refractivity contribution >= 4 is 0 Å². The fourth-order valence-electron chi connectivity index (χ4n) is 1.58. The number of halogens is 3. The van der Waals surface area contributed by atoms with Gasteiger partial charge in [-0.1, -0.05) is 32.9 Å². The van der Waals surface area contributed by atoms with Gasteiger partial charge in [-0.3, -0.25) is 0 Å². The van der Waals surface area contributed by atoms with Crippen LogP contribution >= 0.6 is 0 Å². The Balaban J connectivity index is 3.08. The highest BCUT2D eigenvalue weighted by atomic mass is 19.4. The van der Waals surface area contributed by atoms with E-state index in [-0.39, 0.29) is 5.41 Å². The maximum Gasteiger partial charge on any atom is 0.416 e. The second-order valence-electron chi connectivity index (χ2n) is 4.94. The number of rotatable bonds is 3. The van der Waals surface area contributed by atoms with Crippen LogP contribution in [0.1, 0.15) is 44.4 Å². The van der Waals surface area contributed by atoms with Crippen molar-refractivity contribution in [1.29, 1.82) is 0 Å². The summed E-state index contributed by atoms with van der Waals surface area (Å²) >= 11 is 0. The molecular formula is C13H18F3N. The molecule has 1 atom stereocenters. The first-order valence-corrected chi connectivity index (χ1v) is 5.61. The number of hydrogen-bond donors (Lipinski definition) is 1. The lowest BCUT2D eigenvalue weighted by molar-refractivity contribution is -0.137. The standard InChI is InChI=1S/C13H18F3N/c1-4-12(2,3)11(17)9-6-5-7-10(8-9)13(14,15)16/h5-8,11H,4,17H2,1-3H3. The van der Waals surface area contributed by atoms with E-state index in [0.717, 1.165) is 18.6 Å². The molecule has 0 bridgehead atoms. The molecular weight excluding hydrogens is 227 g/mol. The van der Waals surface area contributed by atoms with E-state index < -0.39 is 17.8 Å². The molecule has 0 heterocycles. The summed E-state index contributed by atoms with van der Waals surface area (Å²) in [4.78, 5) is 0. The zero-order valence-corrected chi connectivity index (χ0v) is 10.3. The molecule has 0 aliphatic carbocycles. The Morgan fingerprint density at radius 3 is 2.29 bits per heavy atom. The van der Waals surface area contributed by atoms with Crippen molar-refractivity contribution in [3.05, 3.63) is 35.4 Å². The van der Waals surface area contributed by atoms with Gasteiger partial charge in [-0.25, -0.2) is 0 Å². The van der Waals surface area contributed by atoms with Gasteiger partial charge in [0.05, 0.1) is 5.56 Å². The van der Waals surface area contributed by atoms with Crippen molar-refractivity contribution in [2.24, 2.45) is 11.1 Å². The highest BCUT2D eigenvalue weighted by Crippen LogP contribution is 2.36. The Bertz CT molecular complexity index is 382. The van der Waals surface area contributed by atoms with Gasteiger partial charge >= 0.3 is 6.18 Å². The van der Waals surface area contributed by atoms with Gasteiger partial charge < -0.3 is 5.73 Å². The van der Waals surface area contributed by atoms with E-state index in [1.165, 1.54) is 6.07 Å². The average Bonchev–Trinajstić information content (AvgIpc) is 2.27. The van der Waals surface area contributed by atoms with Gasteiger partial charge in [-0.05, 0) is 29.5 Å². The molecule has 96 valence electrons. The molecule has 2 N–H and O–H groups in total. The van der Waals surface area contributed by atoms with Crippen LogP contribution in [-0.2, 0) is 6.18 Å². The van der Waals surface area contributed by atoms with Crippen molar-refractivity contribution < 1.29 is 13.2 Å². The van der Waals surface area contributed by atoms with Gasteiger partial charge in [-0.15, -0.1) is 0 Å². The Hall–Kier alpha value is -1.03. The molecule has 0 saturated heterocycles. The summed E-state index contributed by atoms with van der Waals surface area (Å²) < 4.78 is 37.7. The predicted octanol–water partition coefficient (Wildman–Crippen LogP) is 4.14. The first-order valence-electron chi connectivity index (χ1n) is 5.61. The minimum atomic E-state index is -4.31. The number of alkyl halides is 3. The van der Waals surface area contributed by atoms with Gasteiger partial charge in [-0.2, -0.15) is 13.2 Å².